The minimum Gasteiger partial charge on any atom is -0.504 e. The van der Waals surface area contributed by atoms with Gasteiger partial charge < -0.3 is 15.2 Å². The zero-order valence-electron chi connectivity index (χ0n) is 13.5. The van der Waals surface area contributed by atoms with E-state index >= 15 is 0 Å². The maximum atomic E-state index is 11.7. The number of aliphatic imine (C=N–C) groups is 1. The number of hydrogen-bond donors (Lipinski definition) is 2. The number of amidine groups is 1. The molecule has 1 saturated heterocycles. The number of nitro groups is 1. The number of non-ortho nitro benzene ring substituents is 1. The summed E-state index contributed by atoms with van der Waals surface area (Å²) in [5.41, 5.74) is 1.10. The maximum Gasteiger partial charge on any atom is 0.289 e. The average Bonchev–Trinajstić information content (AvgIpc) is 2.94. The highest BCUT2D eigenvalue weighted by atomic mass is 32.2. The molecule has 0 bridgehead atoms. The van der Waals surface area contributed by atoms with Gasteiger partial charge in [0.15, 0.2) is 11.5 Å². The number of nitro benzene ring substituents is 1. The predicted octanol–water partition coefficient (Wildman–Crippen LogP) is 3.84. The molecule has 0 aliphatic carbocycles. The lowest BCUT2D eigenvalue weighted by Gasteiger charge is -2.04. The quantitative estimate of drug-likeness (QED) is 0.623. The number of phenols is 1. The van der Waals surface area contributed by atoms with Crippen LogP contribution in [0.3, 0.4) is 0 Å². The van der Waals surface area contributed by atoms with Gasteiger partial charge in [-0.05, 0) is 47.7 Å². The van der Waals surface area contributed by atoms with Crippen molar-refractivity contribution in [2.24, 2.45) is 4.99 Å². The number of benzene rings is 2. The van der Waals surface area contributed by atoms with E-state index in [1.54, 1.807) is 18.2 Å². The van der Waals surface area contributed by atoms with Crippen LogP contribution in [0.5, 0.6) is 11.5 Å². The van der Waals surface area contributed by atoms with Gasteiger partial charge in [-0.25, -0.2) is 4.99 Å². The molecule has 9 heteroatoms. The normalized spacial score (nSPS) is 16.7. The van der Waals surface area contributed by atoms with Gasteiger partial charge in [-0.15, -0.1) is 0 Å². The molecule has 26 heavy (non-hydrogen) atoms. The summed E-state index contributed by atoms with van der Waals surface area (Å²) in [6.07, 6.45) is 1.70. The average molecular weight is 371 g/mol. The molecule has 0 saturated carbocycles. The molecule has 3 rings (SSSR count). The highest BCUT2D eigenvalue weighted by Crippen LogP contribution is 2.32. The van der Waals surface area contributed by atoms with Crippen LogP contribution in [-0.4, -0.2) is 28.2 Å². The van der Waals surface area contributed by atoms with Gasteiger partial charge in [0.05, 0.1) is 22.6 Å². The van der Waals surface area contributed by atoms with E-state index in [0.29, 0.717) is 27.7 Å². The van der Waals surface area contributed by atoms with Gasteiger partial charge in [-0.2, -0.15) is 0 Å². The number of aromatic hydroxyl groups is 1. The van der Waals surface area contributed by atoms with E-state index in [0.717, 1.165) is 11.8 Å². The molecule has 0 aromatic heterocycles. The summed E-state index contributed by atoms with van der Waals surface area (Å²) in [7, 11) is 1.46. The molecule has 0 unspecified atom stereocenters. The third-order valence-corrected chi connectivity index (χ3v) is 4.28. The summed E-state index contributed by atoms with van der Waals surface area (Å²) < 4.78 is 5.00. The number of phenolic OH excluding ortho intramolecular Hbond substituents is 1. The molecule has 2 N–H and O–H groups in total. The fourth-order valence-electron chi connectivity index (χ4n) is 2.24. The number of methoxy groups -OCH3 is 1. The minimum atomic E-state index is -0.494. The second-order valence-corrected chi connectivity index (χ2v) is 6.20. The van der Waals surface area contributed by atoms with Gasteiger partial charge in [0.1, 0.15) is 5.84 Å². The number of rotatable bonds is 4. The molecule has 0 radical (unpaired) electrons. The first kappa shape index (κ1) is 17.5. The number of nitrogens with one attached hydrogen (secondary N) is 1. The molecule has 1 amide bonds. The van der Waals surface area contributed by atoms with E-state index in [4.69, 9.17) is 4.74 Å². The number of hydrogen-bond acceptors (Lipinski definition) is 7. The third-order valence-electron chi connectivity index (χ3n) is 3.46. The van der Waals surface area contributed by atoms with Crippen LogP contribution in [0.25, 0.3) is 6.08 Å². The van der Waals surface area contributed by atoms with Crippen LogP contribution in [0.1, 0.15) is 5.56 Å². The lowest BCUT2D eigenvalue weighted by atomic mass is 10.2. The molecule has 0 atom stereocenters. The highest BCUT2D eigenvalue weighted by Gasteiger charge is 2.23. The molecule has 1 heterocycles. The number of carbonyl (C=O) groups excluding carboxylic acids is 1. The zero-order valence-corrected chi connectivity index (χ0v) is 14.3. The van der Waals surface area contributed by atoms with Crippen molar-refractivity contribution < 1.29 is 19.6 Å². The van der Waals surface area contributed by atoms with Gasteiger partial charge in [-0.1, -0.05) is 6.07 Å². The van der Waals surface area contributed by atoms with Crippen molar-refractivity contribution in [3.05, 3.63) is 63.0 Å². The van der Waals surface area contributed by atoms with E-state index < -0.39 is 4.92 Å². The Morgan fingerprint density at radius 3 is 2.62 bits per heavy atom. The standard InChI is InChI=1S/C17H13N3O5S/c1-25-14-7-2-10(8-13(14)21)9-15-16(19-17(22)26-15)18-11-3-5-12(6-4-11)20(23)24/h2-9,21H,1H3,(H,18,19,22)/b15-9-. The van der Waals surface area contributed by atoms with Crippen molar-refractivity contribution >= 4 is 40.3 Å². The number of thioether (sulfide) groups is 1. The number of amides is 1. The highest BCUT2D eigenvalue weighted by molar-refractivity contribution is 8.18. The lowest BCUT2D eigenvalue weighted by molar-refractivity contribution is -0.384. The van der Waals surface area contributed by atoms with Crippen molar-refractivity contribution in [2.45, 2.75) is 0 Å². The second-order valence-electron chi connectivity index (χ2n) is 5.19. The van der Waals surface area contributed by atoms with Crippen LogP contribution in [-0.2, 0) is 0 Å². The summed E-state index contributed by atoms with van der Waals surface area (Å²) in [6.45, 7) is 0. The first-order valence-electron chi connectivity index (χ1n) is 7.37. The Bertz CT molecular complexity index is 938. The molecule has 132 valence electrons. The molecule has 0 spiro atoms. The van der Waals surface area contributed by atoms with E-state index in [-0.39, 0.29) is 16.7 Å². The Labute approximate surface area is 152 Å². The lowest BCUT2D eigenvalue weighted by Crippen LogP contribution is -2.18. The summed E-state index contributed by atoms with van der Waals surface area (Å²) in [5.74, 6) is 0.669. The first-order chi connectivity index (χ1) is 12.5. The Morgan fingerprint density at radius 1 is 1.27 bits per heavy atom. The van der Waals surface area contributed by atoms with Crippen LogP contribution in [0, 0.1) is 10.1 Å². The van der Waals surface area contributed by atoms with Crippen molar-refractivity contribution in [2.75, 3.05) is 7.11 Å². The van der Waals surface area contributed by atoms with Crippen molar-refractivity contribution in [3.63, 3.8) is 0 Å². The topological polar surface area (TPSA) is 114 Å². The summed E-state index contributed by atoms with van der Waals surface area (Å²) in [5, 5.41) is 22.9. The monoisotopic (exact) mass is 371 g/mol. The van der Waals surface area contributed by atoms with Gasteiger partial charge in [0, 0.05) is 12.1 Å². The van der Waals surface area contributed by atoms with Gasteiger partial charge in [0.2, 0.25) is 0 Å². The molecule has 2 aromatic carbocycles. The van der Waals surface area contributed by atoms with Gasteiger partial charge in [-0.3, -0.25) is 14.9 Å². The van der Waals surface area contributed by atoms with Crippen LogP contribution >= 0.6 is 11.8 Å². The maximum absolute atomic E-state index is 11.7. The van der Waals surface area contributed by atoms with Crippen molar-refractivity contribution in [3.8, 4) is 11.5 Å². The Hall–Kier alpha value is -3.33. The van der Waals surface area contributed by atoms with Crippen LogP contribution in [0.15, 0.2) is 52.4 Å². The van der Waals surface area contributed by atoms with Crippen LogP contribution < -0.4 is 10.1 Å². The van der Waals surface area contributed by atoms with Gasteiger partial charge in [0.25, 0.3) is 10.9 Å². The van der Waals surface area contributed by atoms with Gasteiger partial charge >= 0.3 is 0 Å². The number of carbonyl (C=O) groups is 1. The molecule has 2 aromatic rings. The molecular weight excluding hydrogens is 358 g/mol. The fourth-order valence-corrected chi connectivity index (χ4v) is 2.97. The SMILES string of the molecule is COc1ccc(/C=C2\SC(=O)NC2=Nc2ccc([N+](=O)[O-])cc2)cc1O. The molecule has 1 fully saturated rings. The predicted molar refractivity (Wildman–Crippen MR) is 98.9 cm³/mol. The van der Waals surface area contributed by atoms with Crippen molar-refractivity contribution in [1.29, 1.82) is 0 Å². The number of nitrogens with zero attached hydrogens (tertiary/aromatic N) is 2. The Kier molecular flexibility index (Phi) is 4.90. The smallest absolute Gasteiger partial charge is 0.289 e. The van der Waals surface area contributed by atoms with Crippen molar-refractivity contribution in [1.82, 2.24) is 5.32 Å². The minimum absolute atomic E-state index is 0.0157. The summed E-state index contributed by atoms with van der Waals surface area (Å²) >= 11 is 0.971. The van der Waals surface area contributed by atoms with Crippen LogP contribution in [0.4, 0.5) is 16.2 Å². The second kappa shape index (κ2) is 7.28. The third kappa shape index (κ3) is 3.83. The van der Waals surface area contributed by atoms with E-state index in [1.165, 1.54) is 37.4 Å². The zero-order chi connectivity index (χ0) is 18.7. The van der Waals surface area contributed by atoms with Crippen LogP contribution in [0.2, 0.25) is 0 Å². The van der Waals surface area contributed by atoms with E-state index in [2.05, 4.69) is 10.3 Å². The van der Waals surface area contributed by atoms with E-state index in [1.807, 2.05) is 0 Å². The Morgan fingerprint density at radius 2 is 2.00 bits per heavy atom. The number of ether oxygens (including phenoxy) is 1. The largest absolute Gasteiger partial charge is 0.504 e. The summed E-state index contributed by atoms with van der Waals surface area (Å²) in [4.78, 5) is 26.8. The molecule has 8 nitrogen and oxygen atoms in total. The van der Waals surface area contributed by atoms with E-state index in [9.17, 15) is 20.0 Å². The first-order valence-corrected chi connectivity index (χ1v) is 8.19. The fraction of sp³-hybridized carbons (Fsp3) is 0.0588. The molecular formula is C17H13N3O5S. The Balaban J connectivity index is 1.91. The molecule has 1 aliphatic rings. The summed E-state index contributed by atoms with van der Waals surface area (Å²) in [6, 6.07) is 10.5. The molecule has 1 aliphatic heterocycles.